The number of amides is 1. The van der Waals surface area contributed by atoms with E-state index >= 15 is 0 Å². The Kier molecular flexibility index (Phi) is 10.4. The van der Waals surface area contributed by atoms with Crippen LogP contribution in [0.15, 0.2) is 0 Å². The third-order valence-electron chi connectivity index (χ3n) is 2.90. The van der Waals surface area contributed by atoms with E-state index in [9.17, 15) is 9.59 Å². The Balaban J connectivity index is 3.54. The molecule has 0 aliphatic heterocycles. The van der Waals surface area contributed by atoms with E-state index in [1.807, 2.05) is 18.7 Å². The fraction of sp³-hybridized carbons (Fsp3) is 0.857. The van der Waals surface area contributed by atoms with Gasteiger partial charge in [0.05, 0.1) is 6.61 Å². The SMILES string of the molecule is CCCCOC(=O)CCCCC(=O)N(CC)CC. The van der Waals surface area contributed by atoms with E-state index in [0.29, 0.717) is 19.4 Å². The first-order chi connectivity index (χ1) is 8.65. The largest absolute Gasteiger partial charge is 0.466 e. The summed E-state index contributed by atoms with van der Waals surface area (Å²) in [5, 5.41) is 0. The summed E-state index contributed by atoms with van der Waals surface area (Å²) in [6.45, 7) is 8.06. The monoisotopic (exact) mass is 257 g/mol. The fourth-order valence-electron chi connectivity index (χ4n) is 1.68. The first-order valence-corrected chi connectivity index (χ1v) is 7.09. The second-order valence-corrected chi connectivity index (χ2v) is 4.35. The van der Waals surface area contributed by atoms with Crippen molar-refractivity contribution in [2.75, 3.05) is 19.7 Å². The van der Waals surface area contributed by atoms with Crippen LogP contribution >= 0.6 is 0 Å². The molecular weight excluding hydrogens is 230 g/mol. The molecule has 0 saturated heterocycles. The molecule has 4 heteroatoms. The summed E-state index contributed by atoms with van der Waals surface area (Å²) < 4.78 is 5.04. The first-order valence-electron chi connectivity index (χ1n) is 7.09. The van der Waals surface area contributed by atoms with Crippen LogP contribution in [-0.4, -0.2) is 36.5 Å². The fourth-order valence-corrected chi connectivity index (χ4v) is 1.68. The molecule has 0 aliphatic carbocycles. The van der Waals surface area contributed by atoms with E-state index in [2.05, 4.69) is 6.92 Å². The Morgan fingerprint density at radius 1 is 0.944 bits per heavy atom. The molecule has 0 heterocycles. The third kappa shape index (κ3) is 8.09. The Morgan fingerprint density at radius 2 is 1.56 bits per heavy atom. The molecule has 0 aromatic carbocycles. The van der Waals surface area contributed by atoms with Crippen LogP contribution in [0.3, 0.4) is 0 Å². The molecule has 0 aromatic rings. The van der Waals surface area contributed by atoms with Crippen molar-refractivity contribution in [3.63, 3.8) is 0 Å². The van der Waals surface area contributed by atoms with Gasteiger partial charge in [-0.25, -0.2) is 0 Å². The lowest BCUT2D eigenvalue weighted by Crippen LogP contribution is -2.30. The van der Waals surface area contributed by atoms with Crippen molar-refractivity contribution in [1.82, 2.24) is 4.90 Å². The van der Waals surface area contributed by atoms with Gasteiger partial charge in [0.1, 0.15) is 0 Å². The van der Waals surface area contributed by atoms with Crippen molar-refractivity contribution in [3.8, 4) is 0 Å². The Bertz CT molecular complexity index is 237. The zero-order valence-electron chi connectivity index (χ0n) is 12.0. The van der Waals surface area contributed by atoms with Crippen LogP contribution < -0.4 is 0 Å². The standard InChI is InChI=1S/C14H27NO3/c1-4-7-12-18-14(17)11-9-8-10-13(16)15(5-2)6-3/h4-12H2,1-3H3. The van der Waals surface area contributed by atoms with Gasteiger partial charge < -0.3 is 9.64 Å². The van der Waals surface area contributed by atoms with Crippen LogP contribution in [-0.2, 0) is 14.3 Å². The summed E-state index contributed by atoms with van der Waals surface area (Å²) in [7, 11) is 0. The highest BCUT2D eigenvalue weighted by Crippen LogP contribution is 2.05. The van der Waals surface area contributed by atoms with Crippen LogP contribution in [0.5, 0.6) is 0 Å². The highest BCUT2D eigenvalue weighted by atomic mass is 16.5. The average molecular weight is 257 g/mol. The maximum absolute atomic E-state index is 11.7. The Hall–Kier alpha value is -1.06. The van der Waals surface area contributed by atoms with Crippen LogP contribution in [0.4, 0.5) is 0 Å². The molecule has 0 fully saturated rings. The van der Waals surface area contributed by atoms with Gasteiger partial charge in [0.15, 0.2) is 0 Å². The Morgan fingerprint density at radius 3 is 2.11 bits per heavy atom. The van der Waals surface area contributed by atoms with E-state index in [0.717, 1.165) is 38.8 Å². The number of rotatable bonds is 10. The van der Waals surface area contributed by atoms with Gasteiger partial charge in [-0.15, -0.1) is 0 Å². The van der Waals surface area contributed by atoms with Gasteiger partial charge >= 0.3 is 5.97 Å². The van der Waals surface area contributed by atoms with Crippen molar-refractivity contribution in [2.45, 2.75) is 59.3 Å². The summed E-state index contributed by atoms with van der Waals surface area (Å²) in [4.78, 5) is 24.8. The van der Waals surface area contributed by atoms with Crippen molar-refractivity contribution < 1.29 is 14.3 Å². The normalized spacial score (nSPS) is 10.2. The van der Waals surface area contributed by atoms with E-state index < -0.39 is 0 Å². The molecule has 0 radical (unpaired) electrons. The second-order valence-electron chi connectivity index (χ2n) is 4.35. The lowest BCUT2D eigenvalue weighted by atomic mass is 10.2. The molecule has 0 unspecified atom stereocenters. The molecule has 0 bridgehead atoms. The van der Waals surface area contributed by atoms with Crippen molar-refractivity contribution in [2.24, 2.45) is 0 Å². The van der Waals surface area contributed by atoms with Gasteiger partial charge in [-0.1, -0.05) is 13.3 Å². The molecular formula is C14H27NO3. The molecule has 18 heavy (non-hydrogen) atoms. The zero-order chi connectivity index (χ0) is 13.8. The summed E-state index contributed by atoms with van der Waals surface area (Å²) in [6.07, 6.45) is 4.41. The Labute approximate surface area is 111 Å². The lowest BCUT2D eigenvalue weighted by molar-refractivity contribution is -0.144. The van der Waals surface area contributed by atoms with Gasteiger partial charge in [-0.2, -0.15) is 0 Å². The number of hydrogen-bond donors (Lipinski definition) is 0. The predicted molar refractivity (Wildman–Crippen MR) is 72.3 cm³/mol. The molecule has 0 aromatic heterocycles. The second kappa shape index (κ2) is 11.1. The highest BCUT2D eigenvalue weighted by molar-refractivity contribution is 5.76. The number of unbranched alkanes of at least 4 members (excludes halogenated alkanes) is 2. The van der Waals surface area contributed by atoms with Crippen molar-refractivity contribution in [3.05, 3.63) is 0 Å². The van der Waals surface area contributed by atoms with Crippen LogP contribution in [0.1, 0.15) is 59.3 Å². The molecule has 0 atom stereocenters. The molecule has 0 rings (SSSR count). The van der Waals surface area contributed by atoms with Gasteiger partial charge in [-0.3, -0.25) is 9.59 Å². The molecule has 0 saturated carbocycles. The number of carbonyl (C=O) groups excluding carboxylic acids is 2. The maximum atomic E-state index is 11.7. The number of carbonyl (C=O) groups is 2. The summed E-state index contributed by atoms with van der Waals surface area (Å²) in [5.74, 6) is 0.0399. The molecule has 1 amide bonds. The maximum Gasteiger partial charge on any atom is 0.305 e. The van der Waals surface area contributed by atoms with Gasteiger partial charge in [0.2, 0.25) is 5.91 Å². The van der Waals surface area contributed by atoms with Crippen LogP contribution in [0.25, 0.3) is 0 Å². The smallest absolute Gasteiger partial charge is 0.305 e. The molecule has 0 aliphatic rings. The van der Waals surface area contributed by atoms with Crippen molar-refractivity contribution in [1.29, 1.82) is 0 Å². The molecule has 0 spiro atoms. The number of ether oxygens (including phenoxy) is 1. The van der Waals surface area contributed by atoms with E-state index in [-0.39, 0.29) is 11.9 Å². The van der Waals surface area contributed by atoms with Crippen molar-refractivity contribution >= 4 is 11.9 Å². The average Bonchev–Trinajstić information content (AvgIpc) is 2.36. The summed E-state index contributed by atoms with van der Waals surface area (Å²) in [5.41, 5.74) is 0. The topological polar surface area (TPSA) is 46.6 Å². The predicted octanol–water partition coefficient (Wildman–Crippen LogP) is 2.76. The highest BCUT2D eigenvalue weighted by Gasteiger charge is 2.09. The minimum absolute atomic E-state index is 0.140. The minimum atomic E-state index is -0.140. The van der Waals surface area contributed by atoms with Gasteiger partial charge in [0.25, 0.3) is 0 Å². The van der Waals surface area contributed by atoms with E-state index in [1.165, 1.54) is 0 Å². The number of nitrogens with zero attached hydrogens (tertiary/aromatic N) is 1. The zero-order valence-corrected chi connectivity index (χ0v) is 12.0. The van der Waals surface area contributed by atoms with Crippen LogP contribution in [0, 0.1) is 0 Å². The van der Waals surface area contributed by atoms with E-state index in [1.54, 1.807) is 0 Å². The lowest BCUT2D eigenvalue weighted by Gasteiger charge is -2.18. The quantitative estimate of drug-likeness (QED) is 0.446. The third-order valence-corrected chi connectivity index (χ3v) is 2.90. The number of esters is 1. The minimum Gasteiger partial charge on any atom is -0.466 e. The van der Waals surface area contributed by atoms with Gasteiger partial charge in [-0.05, 0) is 33.1 Å². The summed E-state index contributed by atoms with van der Waals surface area (Å²) >= 11 is 0. The first kappa shape index (κ1) is 16.9. The van der Waals surface area contributed by atoms with Crippen LogP contribution in [0.2, 0.25) is 0 Å². The summed E-state index contributed by atoms with van der Waals surface area (Å²) in [6, 6.07) is 0. The van der Waals surface area contributed by atoms with E-state index in [4.69, 9.17) is 4.74 Å². The molecule has 4 nitrogen and oxygen atoms in total. The molecule has 106 valence electrons. The number of hydrogen-bond acceptors (Lipinski definition) is 3. The molecule has 0 N–H and O–H groups in total. The van der Waals surface area contributed by atoms with Gasteiger partial charge in [0, 0.05) is 25.9 Å².